The Labute approximate surface area is 224 Å². The molecule has 0 fully saturated rings. The van der Waals surface area contributed by atoms with E-state index in [0.717, 1.165) is 0 Å². The first-order valence-corrected chi connectivity index (χ1v) is 9.50. The van der Waals surface area contributed by atoms with Crippen molar-refractivity contribution in [3.63, 3.8) is 0 Å². The molecule has 0 saturated heterocycles. The molecular formula is C32H23N. The minimum absolute atomic E-state index is 0.425. The lowest BCUT2D eigenvalue weighted by Gasteiger charge is -2.12. The summed E-state index contributed by atoms with van der Waals surface area (Å²) in [6.45, 7) is 0. The summed E-state index contributed by atoms with van der Waals surface area (Å²) in [5.74, 6) is 0. The number of hydrogen-bond donors (Lipinski definition) is 1. The number of anilines is 2. The largest absolute Gasteiger partial charge is 0.356 e. The van der Waals surface area contributed by atoms with Gasteiger partial charge in [0.25, 0.3) is 0 Å². The van der Waals surface area contributed by atoms with E-state index in [1.807, 2.05) is 0 Å². The minimum atomic E-state index is -0.920. The summed E-state index contributed by atoms with van der Waals surface area (Å²) in [4.78, 5) is 0. The fraction of sp³-hybridized carbons (Fsp3) is 0. The van der Waals surface area contributed by atoms with E-state index in [9.17, 15) is 0 Å². The third-order valence-corrected chi connectivity index (χ3v) is 4.62. The molecule has 6 rings (SSSR count). The molecule has 0 saturated carbocycles. The van der Waals surface area contributed by atoms with Crippen molar-refractivity contribution in [3.8, 4) is 22.3 Å². The first kappa shape index (κ1) is 7.07. The Morgan fingerprint density at radius 2 is 0.939 bits per heavy atom. The average Bonchev–Trinajstić information content (AvgIpc) is 3.15. The van der Waals surface area contributed by atoms with E-state index in [1.54, 1.807) is 0 Å². The van der Waals surface area contributed by atoms with E-state index in [-0.39, 0.29) is 0 Å². The summed E-state index contributed by atoms with van der Waals surface area (Å²) in [5, 5.41) is 0.499. The maximum Gasteiger partial charge on any atom is 0.0645 e. The second-order valence-electron chi connectivity index (χ2n) is 6.62. The van der Waals surface area contributed by atoms with Crippen molar-refractivity contribution in [3.05, 3.63) is 133 Å². The van der Waals surface area contributed by atoms with Crippen LogP contribution >= 0.6 is 0 Å². The van der Waals surface area contributed by atoms with E-state index >= 15 is 0 Å². The highest BCUT2D eigenvalue weighted by molar-refractivity contribution is 6.13. The fourth-order valence-corrected chi connectivity index (χ4v) is 3.16. The highest BCUT2D eigenvalue weighted by Gasteiger charge is 2.08. The van der Waals surface area contributed by atoms with Gasteiger partial charge in [-0.2, -0.15) is 0 Å². The van der Waals surface area contributed by atoms with Crippen LogP contribution in [0.25, 0.3) is 43.8 Å². The third kappa shape index (κ3) is 3.75. The molecule has 0 atom stereocenters. The molecule has 0 radical (unpaired) electrons. The lowest BCUT2D eigenvalue weighted by atomic mass is 9.93. The van der Waals surface area contributed by atoms with E-state index in [2.05, 4.69) is 5.32 Å². The molecule has 1 nitrogen and oxygen atoms in total. The number of rotatable bonds is 4. The fourth-order valence-electron chi connectivity index (χ4n) is 3.16. The Hall–Kier alpha value is -4.36. The summed E-state index contributed by atoms with van der Waals surface area (Å²) in [6.07, 6.45) is 0. The zero-order valence-corrected chi connectivity index (χ0v) is 16.5. The lowest BCUT2D eigenvalue weighted by Crippen LogP contribution is -1.90. The molecule has 0 spiro atoms. The van der Waals surface area contributed by atoms with Gasteiger partial charge in [-0.3, -0.25) is 0 Å². The molecule has 33 heavy (non-hydrogen) atoms. The summed E-state index contributed by atoms with van der Waals surface area (Å²) in [7, 11) is 0. The molecule has 0 amide bonds. The predicted octanol–water partition coefficient (Wildman–Crippen LogP) is 9.07. The van der Waals surface area contributed by atoms with Crippen LogP contribution in [0.5, 0.6) is 0 Å². The van der Waals surface area contributed by atoms with Crippen molar-refractivity contribution in [1.29, 1.82) is 0 Å². The van der Waals surface area contributed by atoms with Gasteiger partial charge in [0.1, 0.15) is 0 Å². The Bertz CT molecular complexity index is 2670. The van der Waals surface area contributed by atoms with Crippen LogP contribution in [0.15, 0.2) is 133 Å². The van der Waals surface area contributed by atoms with E-state index in [1.165, 1.54) is 0 Å². The third-order valence-electron chi connectivity index (χ3n) is 4.62. The minimum Gasteiger partial charge on any atom is -0.356 e. The van der Waals surface area contributed by atoms with E-state index in [0.29, 0.717) is 0 Å². The van der Waals surface area contributed by atoms with Gasteiger partial charge < -0.3 is 5.32 Å². The van der Waals surface area contributed by atoms with E-state index < -0.39 is 188 Å². The molecule has 156 valence electrons. The molecule has 0 unspecified atom stereocenters. The second-order valence-corrected chi connectivity index (χ2v) is 6.62. The van der Waals surface area contributed by atoms with Crippen LogP contribution in [-0.2, 0) is 0 Å². The zero-order chi connectivity index (χ0) is 41.2. The normalized spacial score (nSPS) is 20.4. The van der Waals surface area contributed by atoms with Gasteiger partial charge in [0.2, 0.25) is 0 Å². The molecule has 1 heteroatoms. The van der Waals surface area contributed by atoms with Crippen LogP contribution in [0.4, 0.5) is 11.4 Å². The van der Waals surface area contributed by atoms with Crippen molar-refractivity contribution < 1.29 is 30.2 Å². The number of hydrogen-bond acceptors (Lipinski definition) is 1. The van der Waals surface area contributed by atoms with Crippen molar-refractivity contribution >= 4 is 32.9 Å². The number of benzene rings is 6. The monoisotopic (exact) mass is 443 g/mol. The van der Waals surface area contributed by atoms with Crippen LogP contribution in [0, 0.1) is 0 Å². The summed E-state index contributed by atoms with van der Waals surface area (Å²) in [6, 6.07) is -18.0. The van der Waals surface area contributed by atoms with Gasteiger partial charge in [-0.25, -0.2) is 0 Å². The van der Waals surface area contributed by atoms with Gasteiger partial charge in [0, 0.05) is 11.4 Å². The lowest BCUT2D eigenvalue weighted by molar-refractivity contribution is 1.54. The molecular weight excluding hydrogens is 398 g/mol. The summed E-state index contributed by atoms with van der Waals surface area (Å²) >= 11 is 0. The van der Waals surface area contributed by atoms with Crippen molar-refractivity contribution in [2.24, 2.45) is 0 Å². The Kier molecular flexibility index (Phi) is 1.78. The van der Waals surface area contributed by atoms with Crippen LogP contribution < -0.4 is 5.32 Å². The van der Waals surface area contributed by atoms with Crippen LogP contribution in [0.2, 0.25) is 0 Å². The predicted molar refractivity (Wildman–Crippen MR) is 142 cm³/mol. The molecule has 0 aliphatic rings. The molecule has 6 aromatic rings. The smallest absolute Gasteiger partial charge is 0.0645 e. The van der Waals surface area contributed by atoms with Gasteiger partial charge in [-0.05, 0) is 74.0 Å². The molecule has 6 aromatic carbocycles. The topological polar surface area (TPSA) is 12.0 Å². The van der Waals surface area contributed by atoms with E-state index in [4.69, 9.17) is 30.2 Å². The SMILES string of the molecule is [2H]c1c([2H])c([2H])c(-c2c([2H])c([2H])c(Nc3c([2H])c([2H])c(-c4c([2H])c5c([2H])c([2H])c([2H])c([2H])c5c5c([2H])c([2H])c([2H])c([2H])c45)c([2H])c3[2H])c([2H])c2[2H])c([2H])c1[2H]. The first-order valence-electron chi connectivity index (χ1n) is 20.5. The number of fused-ring (bicyclic) bond motifs is 3. The highest BCUT2D eigenvalue weighted by Crippen LogP contribution is 2.35. The standard InChI is InChI=1S/C32H23N/c1-2-8-23(9-3-1)24-14-18-27(19-15-24)33-28-20-16-25(17-21-28)32-22-26-10-4-5-11-29(26)30-12-6-7-13-31(30)32/h1-22,33H/i1D,2D,3D,4D,5D,6D,7D,8D,9D,10D,11D,12D,13D,14D,15D,16D,17D,18D,19D,20D,21D,22D. The van der Waals surface area contributed by atoms with Gasteiger partial charge >= 0.3 is 0 Å². The maximum absolute atomic E-state index is 9.13. The average molecular weight is 444 g/mol. The number of nitrogens with one attached hydrogen (secondary N) is 1. The first-order chi connectivity index (χ1) is 25.5. The summed E-state index contributed by atoms with van der Waals surface area (Å²) < 4.78 is 187. The van der Waals surface area contributed by atoms with Crippen LogP contribution in [-0.4, -0.2) is 0 Å². The van der Waals surface area contributed by atoms with Gasteiger partial charge in [-0.1, -0.05) is 103 Å². The Morgan fingerprint density at radius 3 is 1.64 bits per heavy atom. The molecule has 0 aromatic heterocycles. The molecule has 1 N–H and O–H groups in total. The Balaban J connectivity index is 1.67. The molecule has 0 heterocycles. The van der Waals surface area contributed by atoms with Gasteiger partial charge in [-0.15, -0.1) is 0 Å². The van der Waals surface area contributed by atoms with Crippen LogP contribution in [0.3, 0.4) is 0 Å². The quantitative estimate of drug-likeness (QED) is 0.268. The van der Waals surface area contributed by atoms with Gasteiger partial charge in [0.15, 0.2) is 0 Å². The molecule has 0 bridgehead atoms. The van der Waals surface area contributed by atoms with Crippen LogP contribution in [0.1, 0.15) is 30.2 Å². The second kappa shape index (κ2) is 8.29. The summed E-state index contributed by atoms with van der Waals surface area (Å²) in [5.41, 5.74) is -3.92. The van der Waals surface area contributed by atoms with Crippen molar-refractivity contribution in [1.82, 2.24) is 0 Å². The Morgan fingerprint density at radius 1 is 0.424 bits per heavy atom. The highest BCUT2D eigenvalue weighted by atomic mass is 14.9. The molecule has 0 aliphatic carbocycles. The van der Waals surface area contributed by atoms with Crippen molar-refractivity contribution in [2.45, 2.75) is 0 Å². The van der Waals surface area contributed by atoms with Crippen molar-refractivity contribution in [2.75, 3.05) is 5.32 Å². The zero-order valence-electron chi connectivity index (χ0n) is 38.5. The molecule has 0 aliphatic heterocycles. The maximum atomic E-state index is 9.13. The van der Waals surface area contributed by atoms with Gasteiger partial charge in [0.05, 0.1) is 30.2 Å².